The molecule has 0 saturated heterocycles. The standard InChI is InChI=1S/C10H9F2NO/c11-10(12)7-4-2-1-3-6(7)5-8(13)9(10)14/h1-4,8H,5,13H2. The third kappa shape index (κ3) is 1.14. The molecule has 0 bridgehead atoms. The molecule has 1 atom stereocenters. The van der Waals surface area contributed by atoms with Crippen molar-refractivity contribution in [2.24, 2.45) is 5.73 Å². The highest BCUT2D eigenvalue weighted by Gasteiger charge is 2.48. The van der Waals surface area contributed by atoms with Gasteiger partial charge >= 0.3 is 5.92 Å². The Morgan fingerprint density at radius 1 is 1.36 bits per heavy atom. The molecule has 0 aromatic heterocycles. The van der Waals surface area contributed by atoms with E-state index in [4.69, 9.17) is 5.73 Å². The molecule has 0 fully saturated rings. The molecule has 0 radical (unpaired) electrons. The van der Waals surface area contributed by atoms with Crippen molar-refractivity contribution in [3.8, 4) is 0 Å². The highest BCUT2D eigenvalue weighted by molar-refractivity contribution is 5.93. The fraction of sp³-hybridized carbons (Fsp3) is 0.300. The lowest BCUT2D eigenvalue weighted by Crippen LogP contribution is -2.47. The van der Waals surface area contributed by atoms with Crippen LogP contribution in [0.4, 0.5) is 8.78 Å². The molecule has 2 N–H and O–H groups in total. The zero-order chi connectivity index (χ0) is 10.3. The van der Waals surface area contributed by atoms with Crippen LogP contribution in [0.1, 0.15) is 11.1 Å². The molecule has 1 unspecified atom stereocenters. The number of hydrogen-bond acceptors (Lipinski definition) is 2. The SMILES string of the molecule is NC1Cc2ccccc2C(F)(F)C1=O. The molecular formula is C10H9F2NO. The van der Waals surface area contributed by atoms with Crippen molar-refractivity contribution in [3.05, 3.63) is 35.4 Å². The number of carbonyl (C=O) groups is 1. The van der Waals surface area contributed by atoms with Gasteiger partial charge < -0.3 is 5.73 Å². The smallest absolute Gasteiger partial charge is 0.321 e. The first kappa shape index (κ1) is 9.27. The van der Waals surface area contributed by atoms with Gasteiger partial charge in [-0.1, -0.05) is 24.3 Å². The average molecular weight is 197 g/mol. The number of nitrogens with two attached hydrogens (primary N) is 1. The number of carbonyl (C=O) groups excluding carboxylic acids is 1. The second-order valence-corrected chi connectivity index (χ2v) is 3.41. The summed E-state index contributed by atoms with van der Waals surface area (Å²) in [4.78, 5) is 11.1. The molecule has 0 spiro atoms. The lowest BCUT2D eigenvalue weighted by molar-refractivity contribution is -0.147. The van der Waals surface area contributed by atoms with Crippen molar-refractivity contribution in [1.82, 2.24) is 0 Å². The molecular weight excluding hydrogens is 188 g/mol. The van der Waals surface area contributed by atoms with Crippen molar-refractivity contribution in [1.29, 1.82) is 0 Å². The van der Waals surface area contributed by atoms with Crippen LogP contribution in [0.5, 0.6) is 0 Å². The Hall–Kier alpha value is -1.29. The highest BCUT2D eigenvalue weighted by atomic mass is 19.3. The Kier molecular flexibility index (Phi) is 1.89. The summed E-state index contributed by atoms with van der Waals surface area (Å²) in [6.45, 7) is 0. The van der Waals surface area contributed by atoms with E-state index in [0.29, 0.717) is 5.56 Å². The number of rotatable bonds is 0. The topological polar surface area (TPSA) is 43.1 Å². The van der Waals surface area contributed by atoms with Crippen LogP contribution in [0, 0.1) is 0 Å². The van der Waals surface area contributed by atoms with Crippen LogP contribution in [0.25, 0.3) is 0 Å². The van der Waals surface area contributed by atoms with Crippen LogP contribution in [0.3, 0.4) is 0 Å². The van der Waals surface area contributed by atoms with Crippen LogP contribution < -0.4 is 5.73 Å². The number of Topliss-reactive ketones (excluding diaryl/α,β-unsaturated/α-hetero) is 1. The molecule has 1 aromatic carbocycles. The third-order valence-electron chi connectivity index (χ3n) is 2.44. The normalized spacial score (nSPS) is 24.5. The number of hydrogen-bond donors (Lipinski definition) is 1. The molecule has 4 heteroatoms. The molecule has 1 aliphatic rings. The van der Waals surface area contributed by atoms with Crippen molar-refractivity contribution in [2.45, 2.75) is 18.4 Å². The predicted octanol–water partition coefficient (Wildman–Crippen LogP) is 1.23. The van der Waals surface area contributed by atoms with E-state index >= 15 is 0 Å². The molecule has 14 heavy (non-hydrogen) atoms. The summed E-state index contributed by atoms with van der Waals surface area (Å²) < 4.78 is 26.8. The number of halogens is 2. The minimum atomic E-state index is -3.42. The predicted molar refractivity (Wildman–Crippen MR) is 47.0 cm³/mol. The van der Waals surface area contributed by atoms with E-state index in [1.165, 1.54) is 12.1 Å². The Bertz CT molecular complexity index is 389. The van der Waals surface area contributed by atoms with Crippen LogP contribution in [-0.2, 0) is 17.1 Å². The minimum absolute atomic E-state index is 0.199. The van der Waals surface area contributed by atoms with E-state index < -0.39 is 17.7 Å². The van der Waals surface area contributed by atoms with Crippen molar-refractivity contribution in [3.63, 3.8) is 0 Å². The molecule has 1 aromatic rings. The Labute approximate surface area is 79.7 Å². The number of fused-ring (bicyclic) bond motifs is 1. The number of benzene rings is 1. The van der Waals surface area contributed by atoms with E-state index in [2.05, 4.69) is 0 Å². The maximum Gasteiger partial charge on any atom is 0.332 e. The Morgan fingerprint density at radius 2 is 2.00 bits per heavy atom. The van der Waals surface area contributed by atoms with Crippen LogP contribution in [0.2, 0.25) is 0 Å². The van der Waals surface area contributed by atoms with E-state index in [1.807, 2.05) is 0 Å². The summed E-state index contributed by atoms with van der Waals surface area (Å²) in [6.07, 6.45) is 0.199. The van der Waals surface area contributed by atoms with E-state index in [0.717, 1.165) is 0 Å². The lowest BCUT2D eigenvalue weighted by atomic mass is 9.85. The van der Waals surface area contributed by atoms with Gasteiger partial charge in [-0.3, -0.25) is 4.79 Å². The first-order chi connectivity index (χ1) is 6.53. The minimum Gasteiger partial charge on any atom is -0.321 e. The molecule has 0 saturated carbocycles. The summed E-state index contributed by atoms with van der Waals surface area (Å²) in [5, 5.41) is 0. The molecule has 2 nitrogen and oxygen atoms in total. The maximum atomic E-state index is 13.4. The monoisotopic (exact) mass is 197 g/mol. The Balaban J connectivity index is 2.60. The zero-order valence-corrected chi connectivity index (χ0v) is 7.34. The van der Waals surface area contributed by atoms with Crippen LogP contribution in [-0.4, -0.2) is 11.8 Å². The summed E-state index contributed by atoms with van der Waals surface area (Å²) in [5.41, 5.74) is 5.60. The highest BCUT2D eigenvalue weighted by Crippen LogP contribution is 2.36. The molecule has 0 amide bonds. The van der Waals surface area contributed by atoms with Crippen LogP contribution >= 0.6 is 0 Å². The van der Waals surface area contributed by atoms with Gasteiger partial charge in [0.05, 0.1) is 6.04 Å². The van der Waals surface area contributed by atoms with Crippen LogP contribution in [0.15, 0.2) is 24.3 Å². The quantitative estimate of drug-likeness (QED) is 0.679. The first-order valence-electron chi connectivity index (χ1n) is 4.29. The average Bonchev–Trinajstić information content (AvgIpc) is 2.15. The van der Waals surface area contributed by atoms with E-state index in [-0.39, 0.29) is 12.0 Å². The van der Waals surface area contributed by atoms with Gasteiger partial charge in [0.25, 0.3) is 0 Å². The maximum absolute atomic E-state index is 13.4. The second kappa shape index (κ2) is 2.85. The summed E-state index contributed by atoms with van der Waals surface area (Å²) >= 11 is 0. The third-order valence-corrected chi connectivity index (χ3v) is 2.44. The van der Waals surface area contributed by atoms with Gasteiger partial charge in [0.2, 0.25) is 5.78 Å². The fourth-order valence-electron chi connectivity index (χ4n) is 1.70. The molecule has 1 aliphatic carbocycles. The molecule has 74 valence electrons. The van der Waals surface area contributed by atoms with Gasteiger partial charge in [0.1, 0.15) is 0 Å². The number of ketones is 1. The van der Waals surface area contributed by atoms with Gasteiger partial charge in [-0.2, -0.15) is 8.78 Å². The molecule has 2 rings (SSSR count). The zero-order valence-electron chi connectivity index (χ0n) is 7.34. The van der Waals surface area contributed by atoms with Crippen molar-refractivity contribution in [2.75, 3.05) is 0 Å². The summed E-state index contributed by atoms with van der Waals surface area (Å²) in [7, 11) is 0. The lowest BCUT2D eigenvalue weighted by Gasteiger charge is -2.27. The van der Waals surface area contributed by atoms with E-state index in [9.17, 15) is 13.6 Å². The van der Waals surface area contributed by atoms with Gasteiger partial charge in [-0.25, -0.2) is 0 Å². The van der Waals surface area contributed by atoms with Gasteiger partial charge in [-0.15, -0.1) is 0 Å². The summed E-state index contributed by atoms with van der Waals surface area (Å²) in [6, 6.07) is 4.93. The fourth-order valence-corrected chi connectivity index (χ4v) is 1.70. The summed E-state index contributed by atoms with van der Waals surface area (Å²) in [5.74, 6) is -4.61. The first-order valence-corrected chi connectivity index (χ1v) is 4.29. The van der Waals surface area contributed by atoms with Crippen molar-refractivity contribution < 1.29 is 13.6 Å². The van der Waals surface area contributed by atoms with Gasteiger partial charge in [-0.05, 0) is 12.0 Å². The number of alkyl halides is 2. The largest absolute Gasteiger partial charge is 0.332 e. The second-order valence-electron chi connectivity index (χ2n) is 3.41. The molecule has 0 heterocycles. The van der Waals surface area contributed by atoms with E-state index in [1.54, 1.807) is 12.1 Å². The molecule has 0 aliphatic heterocycles. The van der Waals surface area contributed by atoms with Crippen molar-refractivity contribution >= 4 is 5.78 Å². The van der Waals surface area contributed by atoms with Gasteiger partial charge in [0.15, 0.2) is 0 Å². The van der Waals surface area contributed by atoms with Gasteiger partial charge in [0, 0.05) is 5.56 Å². The Morgan fingerprint density at radius 3 is 2.71 bits per heavy atom.